The number of carbonyl (C=O) groups excluding carboxylic acids is 3. The van der Waals surface area contributed by atoms with Gasteiger partial charge >= 0.3 is 6.09 Å². The second-order valence-electron chi connectivity index (χ2n) is 9.91. The van der Waals surface area contributed by atoms with Crippen molar-refractivity contribution in [2.45, 2.75) is 51.6 Å². The monoisotopic (exact) mass is 584 g/mol. The van der Waals surface area contributed by atoms with Crippen molar-refractivity contribution in [1.82, 2.24) is 15.2 Å². The van der Waals surface area contributed by atoms with Crippen LogP contribution in [-0.2, 0) is 22.7 Å². The third kappa shape index (κ3) is 7.31. The molecule has 2 N–H and O–H groups in total. The van der Waals surface area contributed by atoms with E-state index >= 15 is 0 Å². The van der Waals surface area contributed by atoms with Crippen LogP contribution in [0.5, 0.6) is 11.5 Å². The number of nitrogens with one attached hydrogen (secondary N) is 2. The number of carbonyl (C=O) groups is 3. The highest BCUT2D eigenvalue weighted by Gasteiger charge is 2.36. The topological polar surface area (TPSA) is 119 Å². The zero-order valence-electron chi connectivity index (χ0n) is 23.4. The van der Waals surface area contributed by atoms with Gasteiger partial charge in [0.25, 0.3) is 11.8 Å². The normalized spacial score (nSPS) is 14.9. The molecule has 0 spiro atoms. The predicted molar refractivity (Wildman–Crippen MR) is 152 cm³/mol. The summed E-state index contributed by atoms with van der Waals surface area (Å²) in [4.78, 5) is 44.9. The maximum Gasteiger partial charge on any atom is 0.410 e. The fourth-order valence-electron chi connectivity index (χ4n) is 4.27. The molecule has 1 saturated heterocycles. The molecule has 1 fully saturated rings. The Morgan fingerprint density at radius 3 is 2.56 bits per heavy atom. The Morgan fingerprint density at radius 1 is 1.12 bits per heavy atom. The van der Waals surface area contributed by atoms with Crippen molar-refractivity contribution in [3.8, 4) is 11.5 Å². The van der Waals surface area contributed by atoms with Gasteiger partial charge in [0.05, 0.1) is 20.3 Å². The number of halogens is 1. The first-order chi connectivity index (χ1) is 19.6. The van der Waals surface area contributed by atoms with Gasteiger partial charge in [-0.1, -0.05) is 41.7 Å². The van der Waals surface area contributed by atoms with Gasteiger partial charge < -0.3 is 24.8 Å². The molecule has 0 bridgehead atoms. The van der Waals surface area contributed by atoms with Gasteiger partial charge in [-0.05, 0) is 44.4 Å². The summed E-state index contributed by atoms with van der Waals surface area (Å²) in [5.74, 6) is -0.368. The molecule has 2 aromatic carbocycles. The number of thiazole rings is 1. The first kappa shape index (κ1) is 29.8. The lowest BCUT2D eigenvalue weighted by Crippen LogP contribution is -2.33. The largest absolute Gasteiger partial charge is 0.497 e. The zero-order valence-corrected chi connectivity index (χ0v) is 24.2. The van der Waals surface area contributed by atoms with Crippen molar-refractivity contribution in [2.24, 2.45) is 0 Å². The molecule has 0 radical (unpaired) electrons. The summed E-state index contributed by atoms with van der Waals surface area (Å²) < 4.78 is 30.5. The lowest BCUT2D eigenvalue weighted by molar-refractivity contribution is -0.125. The minimum absolute atomic E-state index is 0.0698. The third-order valence-corrected chi connectivity index (χ3v) is 7.61. The molecule has 1 aliphatic heterocycles. The number of hydrogen-bond acceptors (Lipinski definition) is 8. The highest BCUT2D eigenvalue weighted by molar-refractivity contribution is 7.16. The van der Waals surface area contributed by atoms with Crippen LogP contribution in [0.15, 0.2) is 48.5 Å². The summed E-state index contributed by atoms with van der Waals surface area (Å²) >= 11 is 1.04. The van der Waals surface area contributed by atoms with Crippen molar-refractivity contribution in [3.63, 3.8) is 0 Å². The summed E-state index contributed by atoms with van der Waals surface area (Å²) in [6.07, 6.45) is 0.808. The fourth-order valence-corrected chi connectivity index (χ4v) is 5.38. The molecular formula is C29H33FN4O6S. The number of nitrogens with zero attached hydrogens (tertiary/aromatic N) is 2. The maximum atomic E-state index is 14.4. The number of ether oxygens (including phenoxy) is 3. The Bertz CT molecular complexity index is 1390. The smallest absolute Gasteiger partial charge is 0.410 e. The van der Waals surface area contributed by atoms with Crippen molar-refractivity contribution < 1.29 is 33.0 Å². The van der Waals surface area contributed by atoms with E-state index in [1.54, 1.807) is 30.2 Å². The van der Waals surface area contributed by atoms with E-state index in [9.17, 15) is 18.8 Å². The van der Waals surface area contributed by atoms with E-state index in [1.807, 2.05) is 30.3 Å². The number of benzene rings is 2. The van der Waals surface area contributed by atoms with Crippen molar-refractivity contribution in [3.05, 3.63) is 70.4 Å². The van der Waals surface area contributed by atoms with Crippen LogP contribution >= 0.6 is 11.3 Å². The molecule has 10 nitrogen and oxygen atoms in total. The van der Waals surface area contributed by atoms with Gasteiger partial charge in [-0.15, -0.1) is 0 Å². The number of rotatable bonds is 10. The van der Waals surface area contributed by atoms with Crippen LogP contribution in [0.1, 0.15) is 59.4 Å². The number of hydrogen-bond donors (Lipinski definition) is 2. The highest BCUT2D eigenvalue weighted by atomic mass is 32.1. The molecule has 1 atom stereocenters. The molecular weight excluding hydrogens is 551 g/mol. The average molecular weight is 585 g/mol. The molecule has 0 aliphatic carbocycles. The number of anilines is 1. The van der Waals surface area contributed by atoms with Gasteiger partial charge in [-0.25, -0.2) is 14.2 Å². The Balaban J connectivity index is 1.54. The molecule has 2 heterocycles. The van der Waals surface area contributed by atoms with E-state index in [2.05, 4.69) is 15.6 Å². The standard InChI is InChI=1S/C29H33FN4O6S/c1-29(2,30)27(36)33-26-23(24(35)31-16-19-12-13-20(38-3)15-22(19)39-4)32-25(41-26)21-11-8-14-34(21)28(37)40-17-18-9-6-5-7-10-18/h5-7,9-10,12-13,15,21H,8,11,14,16-17H2,1-4H3,(H,31,35)(H,33,36). The number of methoxy groups -OCH3 is 2. The zero-order chi connectivity index (χ0) is 29.6. The van der Waals surface area contributed by atoms with Gasteiger partial charge in [-0.2, -0.15) is 0 Å². The van der Waals surface area contributed by atoms with Gasteiger partial charge in [-0.3, -0.25) is 14.5 Å². The van der Waals surface area contributed by atoms with E-state index in [1.165, 1.54) is 7.11 Å². The van der Waals surface area contributed by atoms with Crippen LogP contribution in [0.25, 0.3) is 0 Å². The van der Waals surface area contributed by atoms with Gasteiger partial charge in [0.1, 0.15) is 28.1 Å². The molecule has 1 unspecified atom stereocenters. The average Bonchev–Trinajstić information content (AvgIpc) is 3.62. The van der Waals surface area contributed by atoms with Crippen LogP contribution in [-0.4, -0.2) is 54.2 Å². The summed E-state index contributed by atoms with van der Waals surface area (Å²) in [6, 6.07) is 14.1. The molecule has 1 aromatic heterocycles. The van der Waals surface area contributed by atoms with Crippen molar-refractivity contribution in [1.29, 1.82) is 0 Å². The minimum atomic E-state index is -2.19. The molecule has 0 saturated carbocycles. The van der Waals surface area contributed by atoms with E-state index < -0.39 is 29.6 Å². The molecule has 3 aromatic rings. The summed E-state index contributed by atoms with van der Waals surface area (Å²) in [5.41, 5.74) is -0.706. The van der Waals surface area contributed by atoms with E-state index in [0.29, 0.717) is 41.5 Å². The second kappa shape index (κ2) is 13.0. The first-order valence-corrected chi connectivity index (χ1v) is 13.9. The SMILES string of the molecule is COc1ccc(CNC(=O)c2nc(C3CCCN3C(=O)OCc3ccccc3)sc2NC(=O)C(C)(C)F)c(OC)c1. The Morgan fingerprint density at radius 2 is 1.88 bits per heavy atom. The maximum absolute atomic E-state index is 14.4. The Labute approximate surface area is 241 Å². The molecule has 41 heavy (non-hydrogen) atoms. The van der Waals surface area contributed by atoms with E-state index in [0.717, 1.165) is 30.7 Å². The van der Waals surface area contributed by atoms with Crippen molar-refractivity contribution in [2.75, 3.05) is 26.1 Å². The molecule has 218 valence electrons. The third-order valence-electron chi connectivity index (χ3n) is 6.54. The molecule has 4 rings (SSSR count). The lowest BCUT2D eigenvalue weighted by atomic mass is 10.1. The van der Waals surface area contributed by atoms with Gasteiger partial charge in [0, 0.05) is 24.7 Å². The second-order valence-corrected chi connectivity index (χ2v) is 10.9. The van der Waals surface area contributed by atoms with Gasteiger partial charge in [0.15, 0.2) is 11.4 Å². The van der Waals surface area contributed by atoms with Crippen LogP contribution in [0.2, 0.25) is 0 Å². The molecule has 12 heteroatoms. The van der Waals surface area contributed by atoms with E-state index in [4.69, 9.17) is 14.2 Å². The first-order valence-electron chi connectivity index (χ1n) is 13.1. The number of likely N-dealkylation sites (tertiary alicyclic amines) is 1. The number of aromatic nitrogens is 1. The van der Waals surface area contributed by atoms with E-state index in [-0.39, 0.29) is 23.8 Å². The predicted octanol–water partition coefficient (Wildman–Crippen LogP) is 5.25. The van der Waals surface area contributed by atoms with Crippen LogP contribution < -0.4 is 20.1 Å². The van der Waals surface area contributed by atoms with Crippen LogP contribution in [0.3, 0.4) is 0 Å². The summed E-state index contributed by atoms with van der Waals surface area (Å²) in [5, 5.41) is 5.84. The Hall–Kier alpha value is -4.19. The molecule has 3 amide bonds. The minimum Gasteiger partial charge on any atom is -0.497 e. The number of amides is 3. The summed E-state index contributed by atoms with van der Waals surface area (Å²) in [7, 11) is 3.05. The van der Waals surface area contributed by atoms with Crippen LogP contribution in [0, 0.1) is 0 Å². The fraction of sp³-hybridized carbons (Fsp3) is 0.379. The highest BCUT2D eigenvalue weighted by Crippen LogP contribution is 2.38. The van der Waals surface area contributed by atoms with Crippen molar-refractivity contribution >= 4 is 34.2 Å². The number of alkyl halides is 1. The lowest BCUT2D eigenvalue weighted by Gasteiger charge is -2.22. The van der Waals surface area contributed by atoms with Crippen LogP contribution in [0.4, 0.5) is 14.2 Å². The summed E-state index contributed by atoms with van der Waals surface area (Å²) in [6.45, 7) is 2.93. The Kier molecular flexibility index (Phi) is 9.43. The van der Waals surface area contributed by atoms with Gasteiger partial charge in [0.2, 0.25) is 0 Å². The molecule has 1 aliphatic rings. The quantitative estimate of drug-likeness (QED) is 0.334.